The number of hydrogen-bond donors (Lipinski definition) is 0. The zero-order valence-electron chi connectivity index (χ0n) is 14.6. The molecule has 0 saturated carbocycles. The van der Waals surface area contributed by atoms with Crippen LogP contribution in [0.4, 0.5) is 0 Å². The molecule has 0 aromatic heterocycles. The molecule has 5 heteroatoms. The molecule has 2 aromatic carbocycles. The van der Waals surface area contributed by atoms with E-state index in [9.17, 15) is 8.42 Å². The van der Waals surface area contributed by atoms with Gasteiger partial charge in [0.25, 0.3) is 0 Å². The van der Waals surface area contributed by atoms with E-state index in [-0.39, 0.29) is 0 Å². The van der Waals surface area contributed by atoms with Crippen LogP contribution in [0.25, 0.3) is 0 Å². The molecule has 2 aromatic rings. The van der Waals surface area contributed by atoms with E-state index in [0.717, 1.165) is 43.6 Å². The largest absolute Gasteiger partial charge is 0.301 e. The van der Waals surface area contributed by atoms with Crippen molar-refractivity contribution in [2.24, 2.45) is 0 Å². The maximum atomic E-state index is 13.3. The lowest BCUT2D eigenvalue weighted by Crippen LogP contribution is -2.45. The Hall–Kier alpha value is -1.69. The summed E-state index contributed by atoms with van der Waals surface area (Å²) in [7, 11) is -3.47. The van der Waals surface area contributed by atoms with E-state index in [1.807, 2.05) is 48.5 Å². The van der Waals surface area contributed by atoms with Crippen molar-refractivity contribution in [3.05, 3.63) is 65.7 Å². The van der Waals surface area contributed by atoms with Crippen LogP contribution in [-0.4, -0.2) is 37.3 Å². The number of likely N-dealkylation sites (tertiary alicyclic amines) is 1. The molecular weight excluding hydrogens is 332 g/mol. The average Bonchev–Trinajstić information content (AvgIpc) is 3.12. The van der Waals surface area contributed by atoms with Crippen LogP contribution in [0.5, 0.6) is 0 Å². The summed E-state index contributed by atoms with van der Waals surface area (Å²) in [5.41, 5.74) is 1.58. The summed E-state index contributed by atoms with van der Waals surface area (Å²) in [6, 6.07) is 17.5. The minimum absolute atomic E-state index is 0.428. The first-order valence-electron chi connectivity index (χ1n) is 8.96. The molecule has 0 N–H and O–H groups in total. The van der Waals surface area contributed by atoms with Gasteiger partial charge in [-0.1, -0.05) is 55.5 Å². The van der Waals surface area contributed by atoms with E-state index in [1.54, 1.807) is 10.4 Å². The molecule has 1 atom stereocenters. The lowest BCUT2D eigenvalue weighted by molar-refractivity contribution is 0.187. The van der Waals surface area contributed by atoms with Crippen LogP contribution in [-0.2, 0) is 22.1 Å². The second kappa shape index (κ2) is 6.24. The fourth-order valence-corrected chi connectivity index (χ4v) is 6.40. The SMILES string of the molecule is CCCN1CC[C@]2(C1)c1ccccc1S(=O)(=O)N2Cc1ccccc1. The second-order valence-electron chi connectivity index (χ2n) is 7.05. The van der Waals surface area contributed by atoms with E-state index >= 15 is 0 Å². The highest BCUT2D eigenvalue weighted by Crippen LogP contribution is 2.49. The Morgan fingerprint density at radius 2 is 1.76 bits per heavy atom. The third-order valence-corrected chi connectivity index (χ3v) is 7.44. The van der Waals surface area contributed by atoms with Gasteiger partial charge in [-0.15, -0.1) is 0 Å². The van der Waals surface area contributed by atoms with Crippen LogP contribution in [0.1, 0.15) is 30.9 Å². The van der Waals surface area contributed by atoms with Crippen LogP contribution in [0, 0.1) is 0 Å². The fourth-order valence-electron chi connectivity index (χ4n) is 4.35. The fraction of sp³-hybridized carbons (Fsp3) is 0.400. The van der Waals surface area contributed by atoms with Crippen LogP contribution in [0.3, 0.4) is 0 Å². The van der Waals surface area contributed by atoms with Gasteiger partial charge in [0, 0.05) is 19.6 Å². The molecule has 1 spiro atoms. The molecule has 1 fully saturated rings. The number of hydrogen-bond acceptors (Lipinski definition) is 3. The highest BCUT2D eigenvalue weighted by atomic mass is 32.2. The zero-order valence-corrected chi connectivity index (χ0v) is 15.4. The summed E-state index contributed by atoms with van der Waals surface area (Å²) in [5.74, 6) is 0. The molecule has 0 radical (unpaired) electrons. The Kier molecular flexibility index (Phi) is 4.18. The van der Waals surface area contributed by atoms with Crippen molar-refractivity contribution in [2.45, 2.75) is 36.7 Å². The molecule has 132 valence electrons. The molecule has 2 heterocycles. The maximum Gasteiger partial charge on any atom is 0.244 e. The van der Waals surface area contributed by atoms with Gasteiger partial charge in [-0.25, -0.2) is 8.42 Å². The number of nitrogens with zero attached hydrogens (tertiary/aromatic N) is 2. The Morgan fingerprint density at radius 3 is 2.52 bits per heavy atom. The monoisotopic (exact) mass is 356 g/mol. The average molecular weight is 356 g/mol. The molecule has 0 unspecified atom stereocenters. The molecule has 2 aliphatic rings. The topological polar surface area (TPSA) is 40.6 Å². The molecular formula is C20H24N2O2S. The van der Waals surface area contributed by atoms with Crippen LogP contribution >= 0.6 is 0 Å². The normalized spacial score (nSPS) is 25.5. The summed E-state index contributed by atoms with van der Waals surface area (Å²) in [6.07, 6.45) is 1.94. The van der Waals surface area contributed by atoms with Crippen molar-refractivity contribution in [2.75, 3.05) is 19.6 Å². The number of fused-ring (bicyclic) bond motifs is 2. The van der Waals surface area contributed by atoms with Gasteiger partial charge in [0.1, 0.15) is 0 Å². The van der Waals surface area contributed by atoms with Crippen molar-refractivity contribution < 1.29 is 8.42 Å². The Bertz CT molecular complexity index is 866. The first-order chi connectivity index (χ1) is 12.1. The molecule has 1 saturated heterocycles. The lowest BCUT2D eigenvalue weighted by Gasteiger charge is -2.34. The van der Waals surface area contributed by atoms with E-state index in [2.05, 4.69) is 11.8 Å². The van der Waals surface area contributed by atoms with Crippen LogP contribution < -0.4 is 0 Å². The van der Waals surface area contributed by atoms with Crippen molar-refractivity contribution in [3.63, 3.8) is 0 Å². The quantitative estimate of drug-likeness (QED) is 0.845. The van der Waals surface area contributed by atoms with E-state index in [0.29, 0.717) is 11.4 Å². The molecule has 0 bridgehead atoms. The Morgan fingerprint density at radius 1 is 1.04 bits per heavy atom. The van der Waals surface area contributed by atoms with Crippen molar-refractivity contribution in [1.82, 2.24) is 9.21 Å². The van der Waals surface area contributed by atoms with Crippen molar-refractivity contribution in [1.29, 1.82) is 0 Å². The zero-order chi connectivity index (χ0) is 17.5. The van der Waals surface area contributed by atoms with Gasteiger partial charge in [-0.05, 0) is 36.6 Å². The van der Waals surface area contributed by atoms with Gasteiger partial charge in [-0.3, -0.25) is 0 Å². The lowest BCUT2D eigenvalue weighted by atomic mass is 9.88. The first-order valence-corrected chi connectivity index (χ1v) is 10.4. The van der Waals surface area contributed by atoms with E-state index in [1.165, 1.54) is 0 Å². The molecule has 25 heavy (non-hydrogen) atoms. The molecule has 0 amide bonds. The molecule has 2 aliphatic heterocycles. The predicted octanol–water partition coefficient (Wildman–Crippen LogP) is 3.20. The van der Waals surface area contributed by atoms with E-state index < -0.39 is 15.6 Å². The third-order valence-electron chi connectivity index (χ3n) is 5.47. The molecule has 4 rings (SSSR count). The summed E-state index contributed by atoms with van der Waals surface area (Å²) in [4.78, 5) is 2.89. The van der Waals surface area contributed by atoms with E-state index in [4.69, 9.17) is 0 Å². The summed E-state index contributed by atoms with van der Waals surface area (Å²) in [6.45, 7) is 5.35. The standard InChI is InChI=1S/C20H24N2O2S/c1-2-13-21-14-12-20(16-21)18-10-6-7-11-19(18)25(23,24)22(20)15-17-8-4-3-5-9-17/h3-11H,2,12-16H2,1H3/t20-/m0/s1. The van der Waals surface area contributed by atoms with Gasteiger partial charge in [0.15, 0.2) is 0 Å². The minimum atomic E-state index is -3.47. The van der Waals surface area contributed by atoms with Crippen LogP contribution in [0.15, 0.2) is 59.5 Å². The molecule has 4 nitrogen and oxygen atoms in total. The smallest absolute Gasteiger partial charge is 0.244 e. The Balaban J connectivity index is 1.80. The summed E-state index contributed by atoms with van der Waals surface area (Å²) < 4.78 is 28.4. The number of rotatable bonds is 4. The van der Waals surface area contributed by atoms with Gasteiger partial charge >= 0.3 is 0 Å². The number of benzene rings is 2. The third kappa shape index (κ3) is 2.62. The summed E-state index contributed by atoms with van der Waals surface area (Å²) in [5, 5.41) is 0. The minimum Gasteiger partial charge on any atom is -0.301 e. The second-order valence-corrected chi connectivity index (χ2v) is 8.88. The number of sulfonamides is 1. The predicted molar refractivity (Wildman–Crippen MR) is 98.6 cm³/mol. The van der Waals surface area contributed by atoms with Crippen molar-refractivity contribution >= 4 is 10.0 Å². The Labute approximate surface area is 150 Å². The highest BCUT2D eigenvalue weighted by molar-refractivity contribution is 7.89. The van der Waals surface area contributed by atoms with Gasteiger partial charge in [-0.2, -0.15) is 4.31 Å². The van der Waals surface area contributed by atoms with Gasteiger partial charge < -0.3 is 4.90 Å². The maximum absolute atomic E-state index is 13.3. The molecule has 0 aliphatic carbocycles. The highest BCUT2D eigenvalue weighted by Gasteiger charge is 2.56. The van der Waals surface area contributed by atoms with Crippen molar-refractivity contribution in [3.8, 4) is 0 Å². The van der Waals surface area contributed by atoms with Gasteiger partial charge in [0.05, 0.1) is 10.4 Å². The van der Waals surface area contributed by atoms with Crippen LogP contribution in [0.2, 0.25) is 0 Å². The first kappa shape index (κ1) is 16.8. The summed E-state index contributed by atoms with van der Waals surface area (Å²) >= 11 is 0. The van der Waals surface area contributed by atoms with Gasteiger partial charge in [0.2, 0.25) is 10.0 Å².